The van der Waals surface area contributed by atoms with Crippen LogP contribution in [0.15, 0.2) is 29.4 Å². The van der Waals surface area contributed by atoms with Crippen molar-refractivity contribution in [3.05, 3.63) is 30.1 Å². The number of aromatic nitrogens is 3. The van der Waals surface area contributed by atoms with Gasteiger partial charge in [0.05, 0.1) is 5.75 Å². The number of benzene rings is 1. The molecule has 6 nitrogen and oxygen atoms in total. The zero-order chi connectivity index (χ0) is 15.4. The average Bonchev–Trinajstić information content (AvgIpc) is 2.77. The third-order valence-corrected chi connectivity index (χ3v) is 3.47. The van der Waals surface area contributed by atoms with E-state index in [4.69, 9.17) is 5.84 Å². The van der Waals surface area contributed by atoms with Crippen LogP contribution in [0.5, 0.6) is 0 Å². The van der Waals surface area contributed by atoms with Crippen molar-refractivity contribution in [1.29, 1.82) is 0 Å². The number of nitrogen functional groups attached to an aromatic ring is 1. The largest absolute Gasteiger partial charge is 0.353 e. The van der Waals surface area contributed by atoms with Gasteiger partial charge in [0.25, 0.3) is 0 Å². The molecule has 21 heavy (non-hydrogen) atoms. The zero-order valence-corrected chi connectivity index (χ0v) is 12.5. The van der Waals surface area contributed by atoms with Gasteiger partial charge in [0.15, 0.2) is 5.82 Å². The van der Waals surface area contributed by atoms with Crippen LogP contribution in [0.2, 0.25) is 0 Å². The Hall–Kier alpha value is -2.09. The van der Waals surface area contributed by atoms with E-state index in [0.717, 1.165) is 0 Å². The smallest absolute Gasteiger partial charge is 0.230 e. The van der Waals surface area contributed by atoms with E-state index >= 15 is 0 Å². The van der Waals surface area contributed by atoms with Crippen molar-refractivity contribution in [3.8, 4) is 11.4 Å². The fourth-order valence-electron chi connectivity index (χ4n) is 1.69. The summed E-state index contributed by atoms with van der Waals surface area (Å²) in [6.07, 6.45) is 0. The molecule has 3 N–H and O–H groups in total. The van der Waals surface area contributed by atoms with Gasteiger partial charge in [0, 0.05) is 11.6 Å². The van der Waals surface area contributed by atoms with E-state index < -0.39 is 0 Å². The Labute approximate surface area is 125 Å². The first kappa shape index (κ1) is 15.3. The van der Waals surface area contributed by atoms with Crippen molar-refractivity contribution in [3.63, 3.8) is 0 Å². The molecule has 0 saturated carbocycles. The molecular weight excluding hydrogens is 293 g/mol. The van der Waals surface area contributed by atoms with Crippen LogP contribution in [-0.4, -0.2) is 32.6 Å². The second-order valence-electron chi connectivity index (χ2n) is 4.70. The Balaban J connectivity index is 2.09. The quantitative estimate of drug-likeness (QED) is 0.644. The average molecular weight is 309 g/mol. The van der Waals surface area contributed by atoms with E-state index in [1.54, 1.807) is 12.1 Å². The molecule has 8 heteroatoms. The van der Waals surface area contributed by atoms with Crippen LogP contribution < -0.4 is 11.2 Å². The van der Waals surface area contributed by atoms with E-state index in [0.29, 0.717) is 16.5 Å². The van der Waals surface area contributed by atoms with Gasteiger partial charge in [-0.05, 0) is 26.0 Å². The third-order valence-electron chi connectivity index (χ3n) is 2.53. The molecule has 0 aliphatic carbocycles. The molecular formula is C13H16FN5OS. The maximum atomic E-state index is 13.2. The number of halogens is 1. The summed E-state index contributed by atoms with van der Waals surface area (Å²) in [7, 11) is 0. The Morgan fingerprint density at radius 1 is 1.48 bits per heavy atom. The number of carbonyl (C=O) groups excluding carboxylic acids is 1. The molecule has 0 fully saturated rings. The molecule has 1 amide bonds. The number of amides is 1. The topological polar surface area (TPSA) is 85.8 Å². The lowest BCUT2D eigenvalue weighted by Gasteiger charge is -2.07. The van der Waals surface area contributed by atoms with Crippen LogP contribution >= 0.6 is 11.8 Å². The summed E-state index contributed by atoms with van der Waals surface area (Å²) in [6, 6.07) is 6.01. The normalized spacial score (nSPS) is 10.9. The van der Waals surface area contributed by atoms with Gasteiger partial charge in [0.1, 0.15) is 5.82 Å². The lowest BCUT2D eigenvalue weighted by molar-refractivity contribution is -0.119. The summed E-state index contributed by atoms with van der Waals surface area (Å²) in [5.74, 6) is 5.95. The second kappa shape index (κ2) is 6.57. The Bertz CT molecular complexity index is 643. The number of carbonyl (C=O) groups is 1. The minimum absolute atomic E-state index is 0.0803. The number of hydrogen-bond acceptors (Lipinski definition) is 5. The van der Waals surface area contributed by atoms with E-state index in [2.05, 4.69) is 15.5 Å². The van der Waals surface area contributed by atoms with Gasteiger partial charge >= 0.3 is 0 Å². The minimum atomic E-state index is -0.374. The monoisotopic (exact) mass is 309 g/mol. The van der Waals surface area contributed by atoms with Gasteiger partial charge in [-0.2, -0.15) is 0 Å². The molecule has 1 aromatic carbocycles. The molecule has 2 aromatic rings. The Morgan fingerprint density at radius 3 is 2.90 bits per heavy atom. The molecule has 0 radical (unpaired) electrons. The van der Waals surface area contributed by atoms with Gasteiger partial charge in [0.2, 0.25) is 11.1 Å². The summed E-state index contributed by atoms with van der Waals surface area (Å²) in [5, 5.41) is 11.0. The SMILES string of the molecule is CC(C)NC(=O)CSc1nnc(-c2cccc(F)c2)n1N. The number of thioether (sulfide) groups is 1. The molecule has 0 atom stereocenters. The molecule has 1 aromatic heterocycles. The fourth-order valence-corrected chi connectivity index (χ4v) is 2.36. The predicted octanol–water partition coefficient (Wildman–Crippen LogP) is 1.41. The van der Waals surface area contributed by atoms with Crippen LogP contribution in [0.4, 0.5) is 4.39 Å². The highest BCUT2D eigenvalue weighted by Gasteiger charge is 2.14. The highest BCUT2D eigenvalue weighted by molar-refractivity contribution is 7.99. The van der Waals surface area contributed by atoms with Crippen LogP contribution in [0.25, 0.3) is 11.4 Å². The lowest BCUT2D eigenvalue weighted by atomic mass is 10.2. The molecule has 0 unspecified atom stereocenters. The maximum Gasteiger partial charge on any atom is 0.230 e. The van der Waals surface area contributed by atoms with Crippen LogP contribution in [0, 0.1) is 5.82 Å². The lowest BCUT2D eigenvalue weighted by Crippen LogP contribution is -2.31. The van der Waals surface area contributed by atoms with Crippen LogP contribution in [0.3, 0.4) is 0 Å². The van der Waals surface area contributed by atoms with Crippen molar-refractivity contribution in [2.24, 2.45) is 0 Å². The standard InChI is InChI=1S/C13H16FN5OS/c1-8(2)16-11(20)7-21-13-18-17-12(19(13)15)9-4-3-5-10(14)6-9/h3-6,8H,7,15H2,1-2H3,(H,16,20). The van der Waals surface area contributed by atoms with Gasteiger partial charge < -0.3 is 11.2 Å². The van der Waals surface area contributed by atoms with E-state index in [-0.39, 0.29) is 23.5 Å². The number of nitrogens with one attached hydrogen (secondary N) is 1. The molecule has 112 valence electrons. The van der Waals surface area contributed by atoms with Crippen molar-refractivity contribution in [2.45, 2.75) is 25.0 Å². The summed E-state index contributed by atoms with van der Waals surface area (Å²) >= 11 is 1.18. The van der Waals surface area contributed by atoms with Crippen molar-refractivity contribution >= 4 is 17.7 Å². The molecule has 0 bridgehead atoms. The second-order valence-corrected chi connectivity index (χ2v) is 5.64. The summed E-state index contributed by atoms with van der Waals surface area (Å²) in [5.41, 5.74) is 0.531. The van der Waals surface area contributed by atoms with Gasteiger partial charge in [-0.1, -0.05) is 23.9 Å². The Kier molecular flexibility index (Phi) is 4.79. The minimum Gasteiger partial charge on any atom is -0.353 e. The molecule has 0 aliphatic heterocycles. The number of nitrogens with zero attached hydrogens (tertiary/aromatic N) is 3. The number of rotatable bonds is 5. The predicted molar refractivity (Wildman–Crippen MR) is 79.6 cm³/mol. The molecule has 0 spiro atoms. The van der Waals surface area contributed by atoms with Crippen LogP contribution in [-0.2, 0) is 4.79 Å². The summed E-state index contributed by atoms with van der Waals surface area (Å²) in [4.78, 5) is 11.6. The van der Waals surface area contributed by atoms with Crippen molar-refractivity contribution in [1.82, 2.24) is 20.2 Å². The highest BCUT2D eigenvalue weighted by Crippen LogP contribution is 2.21. The number of nitrogens with two attached hydrogens (primary N) is 1. The van der Waals surface area contributed by atoms with Gasteiger partial charge in [-0.3, -0.25) is 4.79 Å². The van der Waals surface area contributed by atoms with E-state index in [9.17, 15) is 9.18 Å². The highest BCUT2D eigenvalue weighted by atomic mass is 32.2. The van der Waals surface area contributed by atoms with Crippen molar-refractivity contribution in [2.75, 3.05) is 11.6 Å². The molecule has 0 aliphatic rings. The zero-order valence-electron chi connectivity index (χ0n) is 11.7. The number of hydrogen-bond donors (Lipinski definition) is 2. The summed E-state index contributed by atoms with van der Waals surface area (Å²) in [6.45, 7) is 3.77. The first-order chi connectivity index (χ1) is 9.97. The van der Waals surface area contributed by atoms with E-state index in [1.807, 2.05) is 13.8 Å². The first-order valence-corrected chi connectivity index (χ1v) is 7.34. The summed E-state index contributed by atoms with van der Waals surface area (Å²) < 4.78 is 14.5. The molecule has 2 rings (SSSR count). The molecule has 1 heterocycles. The molecule has 0 saturated heterocycles. The Morgan fingerprint density at radius 2 is 2.24 bits per heavy atom. The van der Waals surface area contributed by atoms with Gasteiger partial charge in [-0.25, -0.2) is 9.07 Å². The first-order valence-electron chi connectivity index (χ1n) is 6.36. The fraction of sp³-hybridized carbons (Fsp3) is 0.308. The third kappa shape index (κ3) is 3.94. The van der Waals surface area contributed by atoms with Crippen molar-refractivity contribution < 1.29 is 9.18 Å². The van der Waals surface area contributed by atoms with Crippen LogP contribution in [0.1, 0.15) is 13.8 Å². The van der Waals surface area contributed by atoms with Gasteiger partial charge in [-0.15, -0.1) is 10.2 Å². The van der Waals surface area contributed by atoms with E-state index in [1.165, 1.54) is 28.6 Å². The maximum absolute atomic E-state index is 13.2.